The second-order valence-electron chi connectivity index (χ2n) is 7.55. The smallest absolute Gasteiger partial charge is 0.0470 e. The summed E-state index contributed by atoms with van der Waals surface area (Å²) in [6, 6.07) is 0.911. The molecule has 2 atom stereocenters. The maximum Gasteiger partial charge on any atom is 0.0470 e. The van der Waals surface area contributed by atoms with E-state index in [1.165, 1.54) is 30.7 Å². The lowest BCUT2D eigenvalue weighted by molar-refractivity contribution is 0.552. The van der Waals surface area contributed by atoms with Crippen molar-refractivity contribution in [3.8, 4) is 0 Å². The Morgan fingerprint density at radius 1 is 0.667 bits per heavy atom. The van der Waals surface area contributed by atoms with Crippen molar-refractivity contribution in [1.82, 2.24) is 0 Å². The van der Waals surface area contributed by atoms with Crippen LogP contribution in [0.3, 0.4) is 0 Å². The van der Waals surface area contributed by atoms with Crippen LogP contribution in [0.1, 0.15) is 87.5 Å². The molecule has 0 radical (unpaired) electrons. The van der Waals surface area contributed by atoms with E-state index in [0.29, 0.717) is 23.9 Å². The number of nitrogens with zero attached hydrogens (tertiary/aromatic N) is 2. The summed E-state index contributed by atoms with van der Waals surface area (Å²) in [4.78, 5) is 9.59. The van der Waals surface area contributed by atoms with E-state index in [1.807, 2.05) is 0 Å². The van der Waals surface area contributed by atoms with Crippen LogP contribution in [0.25, 0.3) is 0 Å². The van der Waals surface area contributed by atoms with E-state index in [9.17, 15) is 0 Å². The number of rotatable bonds is 10. The van der Waals surface area contributed by atoms with Gasteiger partial charge < -0.3 is 0 Å². The topological polar surface area (TPSA) is 24.7 Å². The van der Waals surface area contributed by atoms with Gasteiger partial charge in [-0.1, -0.05) is 27.7 Å². The van der Waals surface area contributed by atoms with Gasteiger partial charge in [-0.25, -0.2) is 0 Å². The van der Waals surface area contributed by atoms with Crippen molar-refractivity contribution in [2.45, 2.75) is 99.6 Å². The van der Waals surface area contributed by atoms with Crippen LogP contribution in [-0.4, -0.2) is 23.5 Å². The Morgan fingerprint density at radius 2 is 1.00 bits per heavy atom. The molecule has 0 aromatic rings. The zero-order valence-electron chi connectivity index (χ0n) is 15.7. The lowest BCUT2D eigenvalue weighted by Gasteiger charge is -2.12. The molecule has 0 aromatic carbocycles. The molecule has 0 aliphatic carbocycles. The van der Waals surface area contributed by atoms with E-state index in [-0.39, 0.29) is 0 Å². The van der Waals surface area contributed by atoms with E-state index in [0.717, 1.165) is 12.8 Å². The summed E-state index contributed by atoms with van der Waals surface area (Å²) in [5.74, 6) is 1.42. The lowest BCUT2D eigenvalue weighted by atomic mass is 10.0. The van der Waals surface area contributed by atoms with Crippen LogP contribution in [0.15, 0.2) is 9.98 Å². The first-order valence-electron chi connectivity index (χ1n) is 8.77. The predicted octanol–water partition coefficient (Wildman–Crippen LogP) is 5.95. The molecule has 0 heterocycles. The molecule has 0 rings (SSSR count). The Bertz CT molecular complexity index is 294. The molecule has 0 aromatic heterocycles. The van der Waals surface area contributed by atoms with E-state index < -0.39 is 0 Å². The first-order chi connectivity index (χ1) is 9.70. The third kappa shape index (κ3) is 12.8. The molecule has 2 nitrogen and oxygen atoms in total. The monoisotopic (exact) mass is 294 g/mol. The van der Waals surface area contributed by atoms with E-state index >= 15 is 0 Å². The van der Waals surface area contributed by atoms with Gasteiger partial charge in [0.1, 0.15) is 0 Å². The molecular weight excluding hydrogens is 256 g/mol. The molecular formula is C19H38N2. The van der Waals surface area contributed by atoms with Crippen molar-refractivity contribution in [2.75, 3.05) is 0 Å². The molecule has 0 spiro atoms. The minimum atomic E-state index is 0.455. The predicted molar refractivity (Wildman–Crippen MR) is 97.9 cm³/mol. The first-order valence-corrected chi connectivity index (χ1v) is 8.77. The minimum absolute atomic E-state index is 0.455. The van der Waals surface area contributed by atoms with Gasteiger partial charge >= 0.3 is 0 Å². The lowest BCUT2D eigenvalue weighted by Crippen LogP contribution is -2.08. The molecule has 0 amide bonds. The molecule has 0 aliphatic rings. The van der Waals surface area contributed by atoms with Crippen molar-refractivity contribution in [1.29, 1.82) is 0 Å². The molecule has 2 heteroatoms. The van der Waals surface area contributed by atoms with Crippen molar-refractivity contribution >= 4 is 11.4 Å². The normalized spacial score (nSPS) is 16.7. The van der Waals surface area contributed by atoms with E-state index in [1.54, 1.807) is 0 Å². The summed E-state index contributed by atoms with van der Waals surface area (Å²) < 4.78 is 0. The third-order valence-corrected chi connectivity index (χ3v) is 3.53. The van der Waals surface area contributed by atoms with Crippen LogP contribution < -0.4 is 0 Å². The summed E-state index contributed by atoms with van der Waals surface area (Å²) >= 11 is 0. The molecule has 0 saturated heterocycles. The van der Waals surface area contributed by atoms with Crippen molar-refractivity contribution in [2.24, 2.45) is 21.8 Å². The molecule has 21 heavy (non-hydrogen) atoms. The minimum Gasteiger partial charge on any atom is -0.291 e. The Morgan fingerprint density at radius 3 is 1.29 bits per heavy atom. The summed E-state index contributed by atoms with van der Waals surface area (Å²) in [7, 11) is 0. The highest BCUT2D eigenvalue weighted by molar-refractivity contribution is 5.82. The Labute approximate surface area is 133 Å². The number of aliphatic imine (C=N–C) groups is 2. The molecule has 124 valence electrons. The Hall–Kier alpha value is -0.660. The maximum absolute atomic E-state index is 4.80. The van der Waals surface area contributed by atoms with Gasteiger partial charge in [-0.15, -0.1) is 0 Å². The Kier molecular flexibility index (Phi) is 10.6. The van der Waals surface area contributed by atoms with Crippen molar-refractivity contribution in [3.63, 3.8) is 0 Å². The molecule has 0 bridgehead atoms. The van der Waals surface area contributed by atoms with Crippen LogP contribution in [0.4, 0.5) is 0 Å². The second-order valence-corrected chi connectivity index (χ2v) is 7.55. The van der Waals surface area contributed by atoms with Gasteiger partial charge in [0, 0.05) is 23.5 Å². The van der Waals surface area contributed by atoms with Gasteiger partial charge in [-0.3, -0.25) is 9.98 Å². The van der Waals surface area contributed by atoms with Crippen molar-refractivity contribution < 1.29 is 0 Å². The van der Waals surface area contributed by atoms with Crippen LogP contribution in [0, 0.1) is 11.8 Å². The zero-order valence-corrected chi connectivity index (χ0v) is 15.7. The third-order valence-electron chi connectivity index (χ3n) is 3.53. The molecule has 0 fully saturated rings. The zero-order chi connectivity index (χ0) is 16.4. The van der Waals surface area contributed by atoms with E-state index in [2.05, 4.69) is 55.4 Å². The average Bonchev–Trinajstić information content (AvgIpc) is 2.25. The van der Waals surface area contributed by atoms with Crippen LogP contribution in [0.5, 0.6) is 0 Å². The summed E-state index contributed by atoms with van der Waals surface area (Å²) in [6.07, 6.45) is 5.83. The van der Waals surface area contributed by atoms with Crippen molar-refractivity contribution in [3.05, 3.63) is 0 Å². The van der Waals surface area contributed by atoms with Crippen LogP contribution >= 0.6 is 0 Å². The fourth-order valence-corrected chi connectivity index (χ4v) is 2.88. The van der Waals surface area contributed by atoms with Gasteiger partial charge in [0.15, 0.2) is 0 Å². The molecule has 0 aliphatic heterocycles. The fraction of sp³-hybridized carbons (Fsp3) is 0.895. The quantitative estimate of drug-likeness (QED) is 0.445. The van der Waals surface area contributed by atoms with Gasteiger partial charge in [-0.05, 0) is 71.6 Å². The van der Waals surface area contributed by atoms with Gasteiger partial charge in [0.25, 0.3) is 0 Å². The molecule has 0 N–H and O–H groups in total. The summed E-state index contributed by atoms with van der Waals surface area (Å²) in [5, 5.41) is 0. The van der Waals surface area contributed by atoms with Gasteiger partial charge in [-0.2, -0.15) is 0 Å². The standard InChI is InChI=1S/C19H38N2/c1-14(2)12-18(7)20-16(5)10-9-11-17(6)21-19(8)13-15(3)4/h14-17H,9-13H2,1-8H3. The highest BCUT2D eigenvalue weighted by Crippen LogP contribution is 2.12. The largest absolute Gasteiger partial charge is 0.291 e. The fourth-order valence-electron chi connectivity index (χ4n) is 2.88. The summed E-state index contributed by atoms with van der Waals surface area (Å²) in [5.41, 5.74) is 2.60. The Balaban J connectivity index is 4.02. The number of hydrogen-bond acceptors (Lipinski definition) is 2. The SMILES string of the molecule is CC(CC(C)C)=NC(C)CCCC(C)N=C(C)CC(C)C. The molecule has 0 saturated carbocycles. The maximum atomic E-state index is 4.80. The summed E-state index contributed by atoms with van der Waals surface area (Å²) in [6.45, 7) is 17.8. The average molecular weight is 295 g/mol. The highest BCUT2D eigenvalue weighted by Gasteiger charge is 2.06. The number of hydrogen-bond donors (Lipinski definition) is 0. The van der Waals surface area contributed by atoms with Crippen LogP contribution in [0.2, 0.25) is 0 Å². The van der Waals surface area contributed by atoms with Gasteiger partial charge in [0.05, 0.1) is 0 Å². The van der Waals surface area contributed by atoms with E-state index in [4.69, 9.17) is 9.98 Å². The van der Waals surface area contributed by atoms with Gasteiger partial charge in [0.2, 0.25) is 0 Å². The molecule has 2 unspecified atom stereocenters. The highest BCUT2D eigenvalue weighted by atomic mass is 14.8. The van der Waals surface area contributed by atoms with Crippen LogP contribution in [-0.2, 0) is 0 Å². The second kappa shape index (κ2) is 11.0. The first kappa shape index (κ1) is 20.3.